The zero-order valence-electron chi connectivity index (χ0n) is 22.4. The molecule has 3 aromatic rings. The Balaban J connectivity index is 1.28. The Hall–Kier alpha value is -4.24. The lowest BCUT2D eigenvalue weighted by molar-refractivity contribution is -0.121. The third-order valence-electron chi connectivity index (χ3n) is 6.77. The van der Waals surface area contributed by atoms with Gasteiger partial charge in [0, 0.05) is 18.5 Å². The van der Waals surface area contributed by atoms with Crippen LogP contribution in [0.25, 0.3) is 0 Å². The van der Waals surface area contributed by atoms with Gasteiger partial charge in [-0.1, -0.05) is 73.3 Å². The van der Waals surface area contributed by atoms with Gasteiger partial charge in [0.05, 0.1) is 23.9 Å². The van der Waals surface area contributed by atoms with Gasteiger partial charge < -0.3 is 10.1 Å². The molecule has 0 bridgehead atoms. The summed E-state index contributed by atoms with van der Waals surface area (Å²) in [5, 5.41) is 9.38. The number of aryl methyl sites for hydroxylation is 1. The molecule has 2 aliphatic rings. The maximum absolute atomic E-state index is 12.9. The summed E-state index contributed by atoms with van der Waals surface area (Å²) in [4.78, 5) is 41.8. The predicted molar refractivity (Wildman–Crippen MR) is 157 cm³/mol. The standard InChI is InChI=1S/C31H30N4O4S/c1-3-20-10-12-22(13-11-20)26-18-25(21-8-6-5-7-9-21)34-35(26)31-33-29(37)27(40-31)19-28(36)32-24-16-14-23(15-17-24)30(38)39-4-2/h5-17,26-27H,3-4,18-19H2,1-2H3,(H,32,36)/t26-,27+/m1/s1. The van der Waals surface area contributed by atoms with Crippen molar-refractivity contribution >= 4 is 46.1 Å². The van der Waals surface area contributed by atoms with Crippen LogP contribution in [0.3, 0.4) is 0 Å². The molecular formula is C31H30N4O4S. The van der Waals surface area contributed by atoms with Crippen molar-refractivity contribution in [1.82, 2.24) is 5.01 Å². The number of ether oxygens (including phenoxy) is 1. The summed E-state index contributed by atoms with van der Waals surface area (Å²) >= 11 is 1.27. The second kappa shape index (κ2) is 12.3. The van der Waals surface area contributed by atoms with Gasteiger partial charge in [-0.05, 0) is 54.3 Å². The minimum atomic E-state index is -0.645. The van der Waals surface area contributed by atoms with E-state index >= 15 is 0 Å². The summed E-state index contributed by atoms with van der Waals surface area (Å²) in [5.41, 5.74) is 5.23. The first-order chi connectivity index (χ1) is 19.4. The van der Waals surface area contributed by atoms with Gasteiger partial charge in [-0.15, -0.1) is 0 Å². The van der Waals surface area contributed by atoms with Crippen LogP contribution in [0.15, 0.2) is 89.0 Å². The molecule has 2 amide bonds. The first kappa shape index (κ1) is 27.3. The average Bonchev–Trinajstić information content (AvgIpc) is 3.58. The highest BCUT2D eigenvalue weighted by atomic mass is 32.2. The second-order valence-corrected chi connectivity index (χ2v) is 10.6. The van der Waals surface area contributed by atoms with E-state index in [2.05, 4.69) is 41.5 Å². The number of benzene rings is 3. The number of carbonyl (C=O) groups excluding carboxylic acids is 3. The Kier molecular flexibility index (Phi) is 8.40. The van der Waals surface area contributed by atoms with Crippen molar-refractivity contribution in [2.45, 2.75) is 44.4 Å². The molecule has 0 aromatic heterocycles. The number of amidine groups is 1. The Morgan fingerprint density at radius 3 is 2.40 bits per heavy atom. The number of esters is 1. The van der Waals surface area contributed by atoms with E-state index in [0.29, 0.717) is 22.8 Å². The molecule has 0 fully saturated rings. The largest absolute Gasteiger partial charge is 0.462 e. The molecule has 8 nitrogen and oxygen atoms in total. The van der Waals surface area contributed by atoms with Crippen LogP contribution in [-0.4, -0.2) is 45.5 Å². The van der Waals surface area contributed by atoms with Crippen molar-refractivity contribution in [1.29, 1.82) is 0 Å². The molecule has 3 aromatic carbocycles. The van der Waals surface area contributed by atoms with E-state index < -0.39 is 11.2 Å². The van der Waals surface area contributed by atoms with E-state index in [4.69, 9.17) is 9.84 Å². The van der Waals surface area contributed by atoms with Gasteiger partial charge in [-0.25, -0.2) is 9.80 Å². The molecule has 2 heterocycles. The van der Waals surface area contributed by atoms with Crippen molar-refractivity contribution in [2.75, 3.05) is 11.9 Å². The second-order valence-electron chi connectivity index (χ2n) is 9.46. The van der Waals surface area contributed by atoms with Crippen LogP contribution < -0.4 is 5.32 Å². The average molecular weight is 555 g/mol. The lowest BCUT2D eigenvalue weighted by atomic mass is 9.97. The normalized spacial score (nSPS) is 18.4. The highest BCUT2D eigenvalue weighted by Gasteiger charge is 2.39. The lowest BCUT2D eigenvalue weighted by Gasteiger charge is -2.23. The molecule has 0 unspecified atom stereocenters. The van der Waals surface area contributed by atoms with E-state index in [0.717, 1.165) is 23.3 Å². The monoisotopic (exact) mass is 554 g/mol. The zero-order valence-corrected chi connectivity index (χ0v) is 23.2. The van der Waals surface area contributed by atoms with E-state index in [1.165, 1.54) is 17.3 Å². The number of carbonyl (C=O) groups is 3. The number of nitrogens with zero attached hydrogens (tertiary/aromatic N) is 3. The Labute approximate surface area is 237 Å². The Morgan fingerprint density at radius 2 is 1.73 bits per heavy atom. The molecule has 2 atom stereocenters. The maximum atomic E-state index is 12.9. The van der Waals surface area contributed by atoms with Crippen molar-refractivity contribution in [2.24, 2.45) is 10.1 Å². The topological polar surface area (TPSA) is 100 Å². The van der Waals surface area contributed by atoms with Crippen LogP contribution in [0.5, 0.6) is 0 Å². The van der Waals surface area contributed by atoms with E-state index in [1.807, 2.05) is 35.3 Å². The van der Waals surface area contributed by atoms with Crippen molar-refractivity contribution < 1.29 is 19.1 Å². The number of nitrogens with one attached hydrogen (secondary N) is 1. The van der Waals surface area contributed by atoms with Crippen LogP contribution in [0, 0.1) is 0 Å². The van der Waals surface area contributed by atoms with Crippen LogP contribution >= 0.6 is 11.8 Å². The summed E-state index contributed by atoms with van der Waals surface area (Å²) in [7, 11) is 0. The summed E-state index contributed by atoms with van der Waals surface area (Å²) < 4.78 is 4.99. The fourth-order valence-electron chi connectivity index (χ4n) is 4.62. The summed E-state index contributed by atoms with van der Waals surface area (Å²) in [6.07, 6.45) is 1.60. The van der Waals surface area contributed by atoms with Crippen LogP contribution in [0.4, 0.5) is 5.69 Å². The van der Waals surface area contributed by atoms with Crippen molar-refractivity contribution in [3.05, 3.63) is 101 Å². The number of anilines is 1. The van der Waals surface area contributed by atoms with Gasteiger partial charge in [0.1, 0.15) is 5.25 Å². The molecule has 1 N–H and O–H groups in total. The van der Waals surface area contributed by atoms with Gasteiger partial charge in [0.15, 0.2) is 5.17 Å². The fraction of sp³-hybridized carbons (Fsp3) is 0.258. The summed E-state index contributed by atoms with van der Waals surface area (Å²) in [5.74, 6) is -1.08. The Bertz CT molecular complexity index is 1450. The molecule has 9 heteroatoms. The molecule has 0 saturated heterocycles. The van der Waals surface area contributed by atoms with Gasteiger partial charge in [-0.3, -0.25) is 9.59 Å². The number of hydrazone groups is 1. The number of hydrogen-bond acceptors (Lipinski definition) is 7. The SMILES string of the molecule is CCOC(=O)c1ccc(NC(=O)C[C@@H]2SC(N3N=C(c4ccccc4)C[C@@H]3c3ccc(CC)cc3)=NC2=O)cc1. The summed E-state index contributed by atoms with van der Waals surface area (Å²) in [6.45, 7) is 4.15. The molecule has 0 saturated carbocycles. The highest BCUT2D eigenvalue weighted by molar-refractivity contribution is 8.15. The third-order valence-corrected chi connectivity index (χ3v) is 7.91. The van der Waals surface area contributed by atoms with Gasteiger partial charge in [0.25, 0.3) is 5.91 Å². The molecular weight excluding hydrogens is 524 g/mol. The van der Waals surface area contributed by atoms with Gasteiger partial charge >= 0.3 is 5.97 Å². The lowest BCUT2D eigenvalue weighted by Crippen LogP contribution is -2.25. The number of thioether (sulfide) groups is 1. The summed E-state index contributed by atoms with van der Waals surface area (Å²) in [6, 6.07) is 24.8. The van der Waals surface area contributed by atoms with Crippen molar-refractivity contribution in [3.8, 4) is 0 Å². The third kappa shape index (κ3) is 6.15. The quantitative estimate of drug-likeness (QED) is 0.364. The first-order valence-electron chi connectivity index (χ1n) is 13.3. The number of rotatable bonds is 8. The van der Waals surface area contributed by atoms with E-state index in [-0.39, 0.29) is 30.9 Å². The predicted octanol–water partition coefficient (Wildman–Crippen LogP) is 5.60. The smallest absolute Gasteiger partial charge is 0.338 e. The minimum absolute atomic E-state index is 0.0327. The van der Waals surface area contributed by atoms with Crippen molar-refractivity contribution in [3.63, 3.8) is 0 Å². The first-order valence-corrected chi connectivity index (χ1v) is 14.2. The molecule has 0 radical (unpaired) electrons. The number of hydrogen-bond donors (Lipinski definition) is 1. The van der Waals surface area contributed by atoms with Gasteiger partial charge in [-0.2, -0.15) is 10.1 Å². The molecule has 0 spiro atoms. The fourth-order valence-corrected chi connectivity index (χ4v) is 5.68. The highest BCUT2D eigenvalue weighted by Crippen LogP contribution is 2.38. The molecule has 2 aliphatic heterocycles. The molecule has 40 heavy (non-hydrogen) atoms. The maximum Gasteiger partial charge on any atom is 0.338 e. The zero-order chi connectivity index (χ0) is 28.1. The van der Waals surface area contributed by atoms with Crippen LogP contribution in [-0.2, 0) is 20.7 Å². The van der Waals surface area contributed by atoms with Crippen LogP contribution in [0.2, 0.25) is 0 Å². The molecule has 0 aliphatic carbocycles. The van der Waals surface area contributed by atoms with E-state index in [1.54, 1.807) is 31.2 Å². The number of aliphatic imine (C=N–C) groups is 1. The van der Waals surface area contributed by atoms with Crippen LogP contribution in [0.1, 0.15) is 59.8 Å². The van der Waals surface area contributed by atoms with E-state index in [9.17, 15) is 14.4 Å². The molecule has 204 valence electrons. The molecule has 5 rings (SSSR count). The van der Waals surface area contributed by atoms with Gasteiger partial charge in [0.2, 0.25) is 5.91 Å². The minimum Gasteiger partial charge on any atom is -0.462 e. The Morgan fingerprint density at radius 1 is 1.00 bits per heavy atom. The number of amides is 2.